The van der Waals surface area contributed by atoms with Crippen molar-refractivity contribution in [1.29, 1.82) is 0 Å². The van der Waals surface area contributed by atoms with Crippen molar-refractivity contribution in [3.63, 3.8) is 0 Å². The Bertz CT molecular complexity index is 486. The van der Waals surface area contributed by atoms with Gasteiger partial charge in [-0.1, -0.05) is 35.9 Å². The lowest BCUT2D eigenvalue weighted by Gasteiger charge is -2.26. The van der Waals surface area contributed by atoms with E-state index in [4.69, 9.17) is 5.11 Å². The van der Waals surface area contributed by atoms with Crippen LogP contribution in [-0.4, -0.2) is 24.2 Å². The number of hydrogen-bond acceptors (Lipinski definition) is 2. The molecule has 0 saturated heterocycles. The van der Waals surface area contributed by atoms with Crippen molar-refractivity contribution in [2.24, 2.45) is 0 Å². The smallest absolute Gasteiger partial charge is 0.328 e. The number of aliphatic carboxylic acids is 1. The number of halogens is 2. The lowest BCUT2D eigenvalue weighted by Crippen LogP contribution is -2.33. The Kier molecular flexibility index (Phi) is 5.69. The third-order valence-corrected chi connectivity index (χ3v) is 3.24. The second kappa shape index (κ2) is 6.82. The van der Waals surface area contributed by atoms with Gasteiger partial charge in [0.15, 0.2) is 0 Å². The third kappa shape index (κ3) is 5.12. The molecule has 0 spiro atoms. The van der Waals surface area contributed by atoms with Gasteiger partial charge in [0, 0.05) is 29.1 Å². The maximum absolute atomic E-state index is 13.8. The molecule has 0 saturated carbocycles. The first-order chi connectivity index (χ1) is 8.83. The molecule has 0 amide bonds. The van der Waals surface area contributed by atoms with Gasteiger partial charge in [-0.25, -0.2) is 9.18 Å². The molecule has 3 nitrogen and oxygen atoms in total. The Morgan fingerprint density at radius 1 is 1.53 bits per heavy atom. The summed E-state index contributed by atoms with van der Waals surface area (Å²) in [5.74, 6) is -1.21. The molecular formula is C14H17BrFNO2. The van der Waals surface area contributed by atoms with Crippen LogP contribution in [0.3, 0.4) is 0 Å². The molecule has 0 atom stereocenters. The molecular weight excluding hydrogens is 313 g/mol. The fraction of sp³-hybridized carbons (Fsp3) is 0.357. The maximum atomic E-state index is 13.8. The molecule has 0 fully saturated rings. The summed E-state index contributed by atoms with van der Waals surface area (Å²) in [6.07, 6.45) is 2.61. The monoisotopic (exact) mass is 329 g/mol. The molecule has 2 N–H and O–H groups in total. The fourth-order valence-corrected chi connectivity index (χ4v) is 2.10. The first-order valence-corrected chi connectivity index (χ1v) is 6.68. The Morgan fingerprint density at radius 3 is 2.84 bits per heavy atom. The van der Waals surface area contributed by atoms with E-state index >= 15 is 0 Å². The second-order valence-electron chi connectivity index (χ2n) is 4.88. The zero-order chi connectivity index (χ0) is 14.5. The van der Waals surface area contributed by atoms with Crippen LogP contribution in [0.4, 0.5) is 4.39 Å². The number of hydrogen-bond donors (Lipinski definition) is 2. The van der Waals surface area contributed by atoms with Gasteiger partial charge in [-0.2, -0.15) is 0 Å². The van der Waals surface area contributed by atoms with Crippen molar-refractivity contribution in [3.8, 4) is 0 Å². The highest BCUT2D eigenvalue weighted by Gasteiger charge is 2.23. The highest BCUT2D eigenvalue weighted by Crippen LogP contribution is 2.27. The molecule has 0 radical (unpaired) electrons. The summed E-state index contributed by atoms with van der Waals surface area (Å²) in [6, 6.07) is 4.87. The average molecular weight is 330 g/mol. The van der Waals surface area contributed by atoms with E-state index in [1.54, 1.807) is 12.1 Å². The maximum Gasteiger partial charge on any atom is 0.328 e. The molecule has 1 rings (SSSR count). The molecule has 0 bridgehead atoms. The van der Waals surface area contributed by atoms with Crippen LogP contribution in [0.25, 0.3) is 0 Å². The van der Waals surface area contributed by atoms with Crippen molar-refractivity contribution in [2.75, 3.05) is 13.1 Å². The van der Waals surface area contributed by atoms with Gasteiger partial charge in [0.1, 0.15) is 5.82 Å². The van der Waals surface area contributed by atoms with Crippen LogP contribution in [-0.2, 0) is 10.2 Å². The van der Waals surface area contributed by atoms with E-state index in [0.717, 1.165) is 10.5 Å². The Labute approximate surface area is 120 Å². The molecule has 0 heterocycles. The van der Waals surface area contributed by atoms with Crippen LogP contribution >= 0.6 is 15.9 Å². The molecule has 104 valence electrons. The summed E-state index contributed by atoms with van der Waals surface area (Å²) in [6.45, 7) is 4.85. The van der Waals surface area contributed by atoms with Crippen LogP contribution in [0.1, 0.15) is 19.4 Å². The van der Waals surface area contributed by atoms with Gasteiger partial charge in [0.05, 0.1) is 0 Å². The SMILES string of the molecule is CC(C)(CNC/C=C/C(=O)O)c1cc(Br)ccc1F. The lowest BCUT2D eigenvalue weighted by molar-refractivity contribution is -0.131. The number of rotatable bonds is 6. The molecule has 0 aliphatic heterocycles. The predicted octanol–water partition coefficient (Wildman–Crippen LogP) is 3.10. The number of carbonyl (C=O) groups is 1. The lowest BCUT2D eigenvalue weighted by atomic mass is 9.84. The number of carboxylic acids is 1. The van der Waals surface area contributed by atoms with E-state index in [-0.39, 0.29) is 11.2 Å². The third-order valence-electron chi connectivity index (χ3n) is 2.75. The normalized spacial score (nSPS) is 12.0. The average Bonchev–Trinajstić information content (AvgIpc) is 2.31. The van der Waals surface area contributed by atoms with Crippen molar-refractivity contribution in [1.82, 2.24) is 5.32 Å². The Balaban J connectivity index is 2.65. The molecule has 5 heteroatoms. The Morgan fingerprint density at radius 2 is 2.21 bits per heavy atom. The van der Waals surface area contributed by atoms with E-state index in [0.29, 0.717) is 18.7 Å². The van der Waals surface area contributed by atoms with E-state index in [1.807, 2.05) is 13.8 Å². The highest BCUT2D eigenvalue weighted by molar-refractivity contribution is 9.10. The standard InChI is InChI=1S/C14H17BrFNO2/c1-14(2,9-17-7-3-4-13(18)19)11-8-10(15)5-6-12(11)16/h3-6,8,17H,7,9H2,1-2H3,(H,18,19)/b4-3+. The minimum atomic E-state index is -0.973. The van der Waals surface area contributed by atoms with E-state index < -0.39 is 5.97 Å². The summed E-state index contributed by atoms with van der Waals surface area (Å²) in [4.78, 5) is 10.3. The first-order valence-electron chi connectivity index (χ1n) is 5.88. The molecule has 19 heavy (non-hydrogen) atoms. The first kappa shape index (κ1) is 15.9. The van der Waals surface area contributed by atoms with E-state index in [9.17, 15) is 9.18 Å². The zero-order valence-corrected chi connectivity index (χ0v) is 12.5. The number of carboxylic acid groups (broad SMARTS) is 1. The molecule has 0 aliphatic carbocycles. The van der Waals surface area contributed by atoms with Crippen LogP contribution in [0.5, 0.6) is 0 Å². The summed E-state index contributed by atoms with van der Waals surface area (Å²) in [5, 5.41) is 11.5. The van der Waals surface area contributed by atoms with Gasteiger partial charge in [0.2, 0.25) is 0 Å². The molecule has 1 aromatic carbocycles. The quantitative estimate of drug-likeness (QED) is 0.622. The topological polar surface area (TPSA) is 49.3 Å². The van der Waals surface area contributed by atoms with Gasteiger partial charge >= 0.3 is 5.97 Å². The van der Waals surface area contributed by atoms with Crippen molar-refractivity contribution >= 4 is 21.9 Å². The Hall–Kier alpha value is -1.20. The van der Waals surface area contributed by atoms with E-state index in [2.05, 4.69) is 21.2 Å². The van der Waals surface area contributed by atoms with Crippen molar-refractivity contribution in [3.05, 3.63) is 46.2 Å². The number of benzene rings is 1. The van der Waals surface area contributed by atoms with Crippen molar-refractivity contribution < 1.29 is 14.3 Å². The number of nitrogens with one attached hydrogen (secondary N) is 1. The molecule has 0 aromatic heterocycles. The summed E-state index contributed by atoms with van der Waals surface area (Å²) >= 11 is 3.33. The van der Waals surface area contributed by atoms with Crippen LogP contribution in [0, 0.1) is 5.82 Å². The predicted molar refractivity (Wildman–Crippen MR) is 76.8 cm³/mol. The van der Waals surface area contributed by atoms with E-state index in [1.165, 1.54) is 12.1 Å². The summed E-state index contributed by atoms with van der Waals surface area (Å²) < 4.78 is 14.6. The fourth-order valence-electron chi connectivity index (χ4n) is 1.74. The van der Waals surface area contributed by atoms with Crippen LogP contribution < -0.4 is 5.32 Å². The van der Waals surface area contributed by atoms with Gasteiger partial charge in [-0.05, 0) is 23.8 Å². The van der Waals surface area contributed by atoms with Gasteiger partial charge in [-0.3, -0.25) is 0 Å². The minimum absolute atomic E-state index is 0.240. The van der Waals surface area contributed by atoms with Crippen LogP contribution in [0.2, 0.25) is 0 Å². The largest absolute Gasteiger partial charge is 0.478 e. The highest BCUT2D eigenvalue weighted by atomic mass is 79.9. The summed E-state index contributed by atoms with van der Waals surface area (Å²) in [7, 11) is 0. The summed E-state index contributed by atoms with van der Waals surface area (Å²) in [5.41, 5.74) is 0.238. The minimum Gasteiger partial charge on any atom is -0.478 e. The van der Waals surface area contributed by atoms with Crippen LogP contribution in [0.15, 0.2) is 34.8 Å². The van der Waals surface area contributed by atoms with Crippen molar-refractivity contribution in [2.45, 2.75) is 19.3 Å². The van der Waals surface area contributed by atoms with Gasteiger partial charge < -0.3 is 10.4 Å². The van der Waals surface area contributed by atoms with Gasteiger partial charge in [0.25, 0.3) is 0 Å². The molecule has 0 aliphatic rings. The zero-order valence-electron chi connectivity index (χ0n) is 10.9. The molecule has 1 aromatic rings. The van der Waals surface area contributed by atoms with Gasteiger partial charge in [-0.15, -0.1) is 0 Å². The molecule has 0 unspecified atom stereocenters. The second-order valence-corrected chi connectivity index (χ2v) is 5.80.